The first kappa shape index (κ1) is 29.1. The van der Waals surface area contributed by atoms with Crippen LogP contribution < -0.4 is 5.46 Å². The van der Waals surface area contributed by atoms with Gasteiger partial charge >= 0.3 is 7.12 Å². The van der Waals surface area contributed by atoms with E-state index >= 15 is 0 Å². The third-order valence-electron chi connectivity index (χ3n) is 6.79. The molecule has 0 aromatic carbocycles. The summed E-state index contributed by atoms with van der Waals surface area (Å²) < 4.78 is 16.1. The van der Waals surface area contributed by atoms with E-state index in [1.54, 1.807) is 58.1 Å². The molecule has 0 unspecified atom stereocenters. The molecule has 0 spiro atoms. The summed E-state index contributed by atoms with van der Waals surface area (Å²) in [6.45, 7) is 8.14. The third kappa shape index (κ3) is 6.56. The second kappa shape index (κ2) is 11.8. The van der Waals surface area contributed by atoms with Gasteiger partial charge in [-0.15, -0.1) is 0 Å². The number of pyridine rings is 2. The Labute approximate surface area is 250 Å². The van der Waals surface area contributed by atoms with E-state index in [2.05, 4.69) is 46.1 Å². The maximum Gasteiger partial charge on any atom is 0.498 e. The van der Waals surface area contributed by atoms with E-state index in [-0.39, 0.29) is 22.7 Å². The summed E-state index contributed by atoms with van der Waals surface area (Å²) in [6, 6.07) is 10.3. The van der Waals surface area contributed by atoms with E-state index in [0.717, 1.165) is 32.6 Å². The van der Waals surface area contributed by atoms with E-state index in [1.807, 2.05) is 52.2 Å². The van der Waals surface area contributed by atoms with Crippen molar-refractivity contribution in [1.82, 2.24) is 39.2 Å². The molecule has 7 rings (SSSR count). The van der Waals surface area contributed by atoms with Gasteiger partial charge in [0.25, 0.3) is 0 Å². The molecule has 1 aliphatic rings. The number of hydrogen-bond acceptors (Lipinski definition) is 10. The van der Waals surface area contributed by atoms with Crippen molar-refractivity contribution in [2.24, 2.45) is 0 Å². The maximum atomic E-state index is 9.15. The molecule has 1 fully saturated rings. The zero-order valence-electron chi connectivity index (χ0n) is 23.3. The quantitative estimate of drug-likeness (QED) is 0.212. The van der Waals surface area contributed by atoms with Crippen LogP contribution in [0.4, 0.5) is 0 Å². The Morgan fingerprint density at radius 2 is 1.26 bits per heavy atom. The van der Waals surface area contributed by atoms with Crippen LogP contribution in [-0.2, 0) is 9.31 Å². The van der Waals surface area contributed by atoms with Crippen molar-refractivity contribution >= 4 is 39.8 Å². The summed E-state index contributed by atoms with van der Waals surface area (Å²) in [4.78, 5) is 16.4. The minimum absolute atomic E-state index is 0.150. The van der Waals surface area contributed by atoms with Crippen LogP contribution >= 0.6 is 15.9 Å². The Morgan fingerprint density at radius 1 is 0.690 bits per heavy atom. The predicted octanol–water partition coefficient (Wildman–Crippen LogP) is 4.08. The van der Waals surface area contributed by atoms with Gasteiger partial charge in [0, 0.05) is 47.9 Å². The number of aromatic nitrogens is 8. The van der Waals surface area contributed by atoms with Crippen molar-refractivity contribution in [2.75, 3.05) is 0 Å². The van der Waals surface area contributed by atoms with Crippen LogP contribution in [0.5, 0.6) is 11.5 Å². The Bertz CT molecular complexity index is 1760. The van der Waals surface area contributed by atoms with Gasteiger partial charge in [0.05, 0.1) is 41.7 Å². The van der Waals surface area contributed by atoms with Crippen LogP contribution in [0.2, 0.25) is 0 Å². The Kier molecular flexibility index (Phi) is 8.21. The van der Waals surface area contributed by atoms with Gasteiger partial charge in [-0.2, -0.15) is 10.2 Å². The van der Waals surface area contributed by atoms with Gasteiger partial charge in [-0.1, -0.05) is 0 Å². The monoisotopic (exact) mass is 630 g/mol. The summed E-state index contributed by atoms with van der Waals surface area (Å²) >= 11 is 3.12. The summed E-state index contributed by atoms with van der Waals surface area (Å²) in [5.74, 6) is 0.338. The highest BCUT2D eigenvalue weighted by molar-refractivity contribution is 9.10. The summed E-state index contributed by atoms with van der Waals surface area (Å²) in [5.41, 5.74) is 3.43. The minimum atomic E-state index is -0.393. The van der Waals surface area contributed by atoms with Gasteiger partial charge in [0.1, 0.15) is 16.1 Å². The molecule has 0 amide bonds. The Morgan fingerprint density at radius 3 is 1.81 bits per heavy atom. The average Bonchev–Trinajstić information content (AvgIpc) is 3.68. The van der Waals surface area contributed by atoms with Crippen LogP contribution in [-0.4, -0.2) is 67.7 Å². The topological polar surface area (TPSA) is 145 Å². The molecule has 0 aliphatic carbocycles. The smallest absolute Gasteiger partial charge is 0.498 e. The number of rotatable bonds is 2. The largest absolute Gasteiger partial charge is 0.506 e. The van der Waals surface area contributed by atoms with Crippen LogP contribution in [0.15, 0.2) is 90.6 Å². The molecular weight excluding hydrogens is 603 g/mol. The highest BCUT2D eigenvalue weighted by Gasteiger charge is 2.52. The van der Waals surface area contributed by atoms with Crippen LogP contribution in [0.25, 0.3) is 22.6 Å². The highest BCUT2D eigenvalue weighted by atomic mass is 79.9. The van der Waals surface area contributed by atoms with Gasteiger partial charge in [-0.05, 0) is 67.9 Å². The second-order valence-electron chi connectivity index (χ2n) is 10.3. The summed E-state index contributed by atoms with van der Waals surface area (Å²) in [7, 11) is -0.393. The molecule has 2 N–H and O–H groups in total. The number of nitrogens with zero attached hydrogens (tertiary/aromatic N) is 8. The van der Waals surface area contributed by atoms with Crippen molar-refractivity contribution in [2.45, 2.75) is 38.9 Å². The molecule has 42 heavy (non-hydrogen) atoms. The van der Waals surface area contributed by atoms with Gasteiger partial charge in [-0.3, -0.25) is 4.98 Å². The number of hydrogen-bond donors (Lipinski definition) is 2. The first-order valence-corrected chi connectivity index (χ1v) is 13.7. The Balaban J connectivity index is 0.000000135. The first-order valence-electron chi connectivity index (χ1n) is 12.9. The lowest BCUT2D eigenvalue weighted by Gasteiger charge is -2.32. The lowest BCUT2D eigenvalue weighted by Crippen LogP contribution is -2.41. The average molecular weight is 631 g/mol. The molecule has 0 saturated carbocycles. The highest BCUT2D eigenvalue weighted by Crippen LogP contribution is 2.36. The first-order chi connectivity index (χ1) is 20.0. The van der Waals surface area contributed by atoms with Crippen molar-refractivity contribution < 1.29 is 19.5 Å². The normalized spacial score (nSPS) is 15.1. The van der Waals surface area contributed by atoms with Crippen LogP contribution in [0.1, 0.15) is 27.7 Å². The molecule has 12 nitrogen and oxygen atoms in total. The van der Waals surface area contributed by atoms with Crippen molar-refractivity contribution in [3.05, 3.63) is 90.6 Å². The lowest BCUT2D eigenvalue weighted by molar-refractivity contribution is 0.00578. The zero-order valence-corrected chi connectivity index (χ0v) is 24.9. The number of halogens is 1. The zero-order chi connectivity index (χ0) is 29.9. The molecule has 1 aliphatic heterocycles. The van der Waals surface area contributed by atoms with Crippen LogP contribution in [0.3, 0.4) is 0 Å². The van der Waals surface area contributed by atoms with Crippen molar-refractivity contribution in [3.63, 3.8) is 0 Å². The maximum absolute atomic E-state index is 9.15. The third-order valence-corrected chi connectivity index (χ3v) is 7.26. The second-order valence-corrected chi connectivity index (χ2v) is 11.1. The lowest BCUT2D eigenvalue weighted by atomic mass is 9.81. The molecule has 0 radical (unpaired) electrons. The fraction of sp³-hybridized carbons (Fsp3) is 0.214. The van der Waals surface area contributed by atoms with Crippen LogP contribution in [0, 0.1) is 0 Å². The van der Waals surface area contributed by atoms with E-state index in [9.17, 15) is 0 Å². The van der Waals surface area contributed by atoms with E-state index in [0.29, 0.717) is 0 Å². The predicted molar refractivity (Wildman–Crippen MR) is 160 cm³/mol. The summed E-state index contributed by atoms with van der Waals surface area (Å²) in [5, 5.41) is 26.1. The fourth-order valence-electron chi connectivity index (χ4n) is 3.79. The molecular formula is C28H28BBrN8O4. The minimum Gasteiger partial charge on any atom is -0.506 e. The molecule has 0 bridgehead atoms. The van der Waals surface area contributed by atoms with E-state index in [1.165, 1.54) is 12.4 Å². The molecule has 14 heteroatoms. The standard InChI is InChI=1S/C12H16BN3O2.C11H8N4O.C5H4BrNO/c1-11(2)12(3,4)18-13(17-11)9-7-14-10-5-6-15-16(10)8-9;16-9-1-2-10(12-6-9)8-5-13-11-3-4-14-15(11)7-8;6-5-2-1-4(8)3-7-5/h5-8H,1-4H3;1-7,16H;1-3,8H. The van der Waals surface area contributed by atoms with Gasteiger partial charge in [0.15, 0.2) is 11.3 Å². The van der Waals surface area contributed by atoms with Gasteiger partial charge in [0.2, 0.25) is 0 Å². The number of aromatic hydroxyl groups is 2. The molecule has 0 atom stereocenters. The van der Waals surface area contributed by atoms with Crippen molar-refractivity contribution in [3.8, 4) is 22.8 Å². The van der Waals surface area contributed by atoms with Crippen molar-refractivity contribution in [1.29, 1.82) is 0 Å². The van der Waals surface area contributed by atoms with Gasteiger partial charge < -0.3 is 19.5 Å². The SMILES string of the molecule is CC1(C)OB(c2cnc3ccnn3c2)OC1(C)C.Oc1ccc(-c2cnc3ccnn3c2)nc1.Oc1ccc(Br)nc1. The summed E-state index contributed by atoms with van der Waals surface area (Å²) in [6.07, 6.45) is 13.4. The number of fused-ring (bicyclic) bond motifs is 2. The molecule has 6 aromatic rings. The fourth-order valence-corrected chi connectivity index (χ4v) is 4.03. The Hall–Kier alpha value is -4.40. The molecule has 1 saturated heterocycles. The molecule has 6 aromatic heterocycles. The molecule has 7 heterocycles. The van der Waals surface area contributed by atoms with E-state index in [4.69, 9.17) is 19.5 Å². The van der Waals surface area contributed by atoms with E-state index < -0.39 is 7.12 Å². The van der Waals surface area contributed by atoms with Gasteiger partial charge in [-0.25, -0.2) is 24.0 Å². The molecule has 214 valence electrons.